The number of hydrogen-bond donors (Lipinski definition) is 1. The van der Waals surface area contributed by atoms with Gasteiger partial charge in [0.05, 0.1) is 17.1 Å². The van der Waals surface area contributed by atoms with Gasteiger partial charge in [-0.2, -0.15) is 4.68 Å². The molecule has 25 heavy (non-hydrogen) atoms. The zero-order valence-electron chi connectivity index (χ0n) is 13.1. The third kappa shape index (κ3) is 4.43. The number of carbonyl (C=O) groups excluding carboxylic acids is 1. The van der Waals surface area contributed by atoms with Gasteiger partial charge in [0.2, 0.25) is 11.1 Å². The Morgan fingerprint density at radius 2 is 2.16 bits per heavy atom. The molecule has 128 valence electrons. The van der Waals surface area contributed by atoms with Crippen LogP contribution in [0.2, 0.25) is 0 Å². The van der Waals surface area contributed by atoms with Gasteiger partial charge in [-0.15, -0.1) is 5.10 Å². The van der Waals surface area contributed by atoms with Crippen LogP contribution in [-0.4, -0.2) is 31.9 Å². The van der Waals surface area contributed by atoms with E-state index in [9.17, 15) is 9.18 Å². The van der Waals surface area contributed by atoms with Crippen LogP contribution in [-0.2, 0) is 4.79 Å². The van der Waals surface area contributed by atoms with Crippen molar-refractivity contribution in [2.75, 3.05) is 11.1 Å². The second kappa shape index (κ2) is 7.75. The van der Waals surface area contributed by atoms with Crippen molar-refractivity contribution in [1.82, 2.24) is 20.2 Å². The van der Waals surface area contributed by atoms with Crippen LogP contribution >= 0.6 is 27.7 Å². The SMILES string of the molecule is Cc1ccc(NC(=O)CSc2nnnn2-c2cccc(F)c2)c(Br)c1. The Bertz CT molecular complexity index is 917. The highest BCUT2D eigenvalue weighted by molar-refractivity contribution is 9.10. The first-order valence-corrected chi connectivity index (χ1v) is 9.04. The Kier molecular flexibility index (Phi) is 5.44. The van der Waals surface area contributed by atoms with Gasteiger partial charge in [-0.05, 0) is 69.2 Å². The van der Waals surface area contributed by atoms with Crippen molar-refractivity contribution in [3.05, 3.63) is 58.3 Å². The lowest BCUT2D eigenvalue weighted by Crippen LogP contribution is -2.15. The molecule has 0 bridgehead atoms. The number of hydrogen-bond acceptors (Lipinski definition) is 5. The fourth-order valence-electron chi connectivity index (χ4n) is 2.08. The summed E-state index contributed by atoms with van der Waals surface area (Å²) in [6.07, 6.45) is 0. The summed E-state index contributed by atoms with van der Waals surface area (Å²) in [6.45, 7) is 1.97. The average Bonchev–Trinajstić information content (AvgIpc) is 3.04. The number of aryl methyl sites for hydroxylation is 1. The maximum atomic E-state index is 13.4. The molecule has 0 fully saturated rings. The molecule has 0 aliphatic carbocycles. The molecule has 1 aromatic heterocycles. The number of nitrogens with one attached hydrogen (secondary N) is 1. The zero-order chi connectivity index (χ0) is 17.8. The van der Waals surface area contributed by atoms with Crippen molar-refractivity contribution in [3.8, 4) is 5.69 Å². The molecule has 1 amide bonds. The second-order valence-electron chi connectivity index (χ2n) is 5.17. The van der Waals surface area contributed by atoms with Gasteiger partial charge in [0.25, 0.3) is 0 Å². The maximum absolute atomic E-state index is 13.4. The molecule has 0 saturated heterocycles. The molecule has 2 aromatic carbocycles. The van der Waals surface area contributed by atoms with E-state index in [1.165, 1.54) is 28.6 Å². The first kappa shape index (κ1) is 17.6. The number of halogens is 2. The third-order valence-corrected chi connectivity index (χ3v) is 4.80. The van der Waals surface area contributed by atoms with Gasteiger partial charge in [-0.25, -0.2) is 4.39 Å². The number of rotatable bonds is 5. The van der Waals surface area contributed by atoms with Crippen molar-refractivity contribution >= 4 is 39.3 Å². The topological polar surface area (TPSA) is 72.7 Å². The number of anilines is 1. The fraction of sp³-hybridized carbons (Fsp3) is 0.125. The van der Waals surface area contributed by atoms with E-state index in [2.05, 4.69) is 36.8 Å². The Labute approximate surface area is 155 Å². The van der Waals surface area contributed by atoms with Crippen LogP contribution in [0.15, 0.2) is 52.1 Å². The lowest BCUT2D eigenvalue weighted by atomic mass is 10.2. The molecule has 0 saturated carbocycles. The molecule has 3 aromatic rings. The predicted octanol–water partition coefficient (Wildman–Crippen LogP) is 3.60. The predicted molar refractivity (Wildman–Crippen MR) is 97.3 cm³/mol. The highest BCUT2D eigenvalue weighted by atomic mass is 79.9. The van der Waals surface area contributed by atoms with E-state index in [4.69, 9.17) is 0 Å². The van der Waals surface area contributed by atoms with E-state index in [-0.39, 0.29) is 17.5 Å². The molecular formula is C16H13BrFN5OS. The summed E-state index contributed by atoms with van der Waals surface area (Å²) < 4.78 is 15.6. The molecular weight excluding hydrogens is 409 g/mol. The minimum absolute atomic E-state index is 0.121. The number of tetrazole rings is 1. The van der Waals surface area contributed by atoms with Crippen LogP contribution in [0.25, 0.3) is 5.69 Å². The van der Waals surface area contributed by atoms with Gasteiger partial charge >= 0.3 is 0 Å². The third-order valence-electron chi connectivity index (χ3n) is 3.22. The normalized spacial score (nSPS) is 10.7. The highest BCUT2D eigenvalue weighted by Crippen LogP contribution is 2.24. The van der Waals surface area contributed by atoms with Crippen LogP contribution in [0.3, 0.4) is 0 Å². The number of thioether (sulfide) groups is 1. The van der Waals surface area contributed by atoms with E-state index in [0.717, 1.165) is 10.0 Å². The van der Waals surface area contributed by atoms with Gasteiger partial charge in [0.15, 0.2) is 0 Å². The fourth-order valence-corrected chi connectivity index (χ4v) is 3.36. The summed E-state index contributed by atoms with van der Waals surface area (Å²) in [5.41, 5.74) is 2.28. The summed E-state index contributed by atoms with van der Waals surface area (Å²) in [5.74, 6) is -0.454. The van der Waals surface area contributed by atoms with Crippen molar-refractivity contribution in [2.24, 2.45) is 0 Å². The minimum atomic E-state index is -0.383. The lowest BCUT2D eigenvalue weighted by molar-refractivity contribution is -0.113. The second-order valence-corrected chi connectivity index (χ2v) is 6.97. The van der Waals surface area contributed by atoms with Crippen LogP contribution in [0.1, 0.15) is 5.56 Å². The zero-order valence-corrected chi connectivity index (χ0v) is 15.5. The first-order chi connectivity index (χ1) is 12.0. The molecule has 0 radical (unpaired) electrons. The van der Waals surface area contributed by atoms with Crippen LogP contribution in [0, 0.1) is 12.7 Å². The highest BCUT2D eigenvalue weighted by Gasteiger charge is 2.13. The van der Waals surface area contributed by atoms with Gasteiger partial charge in [-0.1, -0.05) is 23.9 Å². The molecule has 1 heterocycles. The molecule has 0 unspecified atom stereocenters. The van der Waals surface area contributed by atoms with E-state index in [0.29, 0.717) is 16.5 Å². The summed E-state index contributed by atoms with van der Waals surface area (Å²) in [7, 11) is 0. The van der Waals surface area contributed by atoms with E-state index in [1.54, 1.807) is 12.1 Å². The quantitative estimate of drug-likeness (QED) is 0.637. The van der Waals surface area contributed by atoms with Gasteiger partial charge < -0.3 is 5.32 Å². The van der Waals surface area contributed by atoms with Crippen LogP contribution in [0.5, 0.6) is 0 Å². The van der Waals surface area contributed by atoms with E-state index >= 15 is 0 Å². The minimum Gasteiger partial charge on any atom is -0.324 e. The summed E-state index contributed by atoms with van der Waals surface area (Å²) >= 11 is 4.59. The standard InChI is InChI=1S/C16H13BrFN5OS/c1-10-5-6-14(13(17)7-10)19-15(24)9-25-16-20-21-22-23(16)12-4-2-3-11(18)8-12/h2-8H,9H2,1H3,(H,19,24). The number of benzene rings is 2. The maximum Gasteiger partial charge on any atom is 0.234 e. The molecule has 1 N–H and O–H groups in total. The number of carbonyl (C=O) groups is 1. The van der Waals surface area contributed by atoms with Crippen molar-refractivity contribution in [3.63, 3.8) is 0 Å². The molecule has 3 rings (SSSR count). The number of amides is 1. The summed E-state index contributed by atoms with van der Waals surface area (Å²) in [6, 6.07) is 11.6. The summed E-state index contributed by atoms with van der Waals surface area (Å²) in [5, 5.41) is 14.5. The van der Waals surface area contributed by atoms with Crippen molar-refractivity contribution < 1.29 is 9.18 Å². The van der Waals surface area contributed by atoms with Crippen molar-refractivity contribution in [1.29, 1.82) is 0 Å². The number of nitrogens with zero attached hydrogens (tertiary/aromatic N) is 4. The van der Waals surface area contributed by atoms with E-state index in [1.807, 2.05) is 25.1 Å². The first-order valence-electron chi connectivity index (χ1n) is 7.26. The molecule has 0 atom stereocenters. The largest absolute Gasteiger partial charge is 0.324 e. The van der Waals surface area contributed by atoms with E-state index < -0.39 is 0 Å². The Hall–Kier alpha value is -2.26. The smallest absolute Gasteiger partial charge is 0.234 e. The van der Waals surface area contributed by atoms with Gasteiger partial charge in [0, 0.05) is 4.47 Å². The Morgan fingerprint density at radius 1 is 1.32 bits per heavy atom. The Balaban J connectivity index is 1.66. The van der Waals surface area contributed by atoms with Gasteiger partial charge in [-0.3, -0.25) is 4.79 Å². The molecule has 0 spiro atoms. The monoisotopic (exact) mass is 421 g/mol. The molecule has 6 nitrogen and oxygen atoms in total. The lowest BCUT2D eigenvalue weighted by Gasteiger charge is -2.08. The van der Waals surface area contributed by atoms with Crippen molar-refractivity contribution in [2.45, 2.75) is 12.1 Å². The van der Waals surface area contributed by atoms with Gasteiger partial charge in [0.1, 0.15) is 5.82 Å². The van der Waals surface area contributed by atoms with Crippen LogP contribution < -0.4 is 5.32 Å². The summed E-state index contributed by atoms with van der Waals surface area (Å²) in [4.78, 5) is 12.2. The molecule has 9 heteroatoms. The molecule has 0 aliphatic heterocycles. The average molecular weight is 422 g/mol. The number of aromatic nitrogens is 4. The molecule has 0 aliphatic rings. The Morgan fingerprint density at radius 3 is 2.92 bits per heavy atom. The van der Waals surface area contributed by atoms with Crippen LogP contribution in [0.4, 0.5) is 10.1 Å².